The Labute approximate surface area is 390 Å². The number of nitrogens with one attached hydrogen (secondary N) is 4. The minimum Gasteiger partial charge on any atom is -0.456 e. The van der Waals surface area contributed by atoms with E-state index < -0.39 is 108 Å². The van der Waals surface area contributed by atoms with Crippen molar-refractivity contribution in [3.8, 4) is 0 Å². The Bertz CT molecular complexity index is 1890. The van der Waals surface area contributed by atoms with Gasteiger partial charge in [-0.1, -0.05) is 83.5 Å². The first kappa shape index (κ1) is 56.3. The maximum absolute atomic E-state index is 14.2. The Kier molecular flexibility index (Phi) is 23.6. The van der Waals surface area contributed by atoms with Crippen LogP contribution in [-0.2, 0) is 54.2 Å². The van der Waals surface area contributed by atoms with E-state index in [4.69, 9.17) is 14.2 Å². The van der Waals surface area contributed by atoms with Gasteiger partial charge in [-0.3, -0.25) is 24.0 Å². The quantitative estimate of drug-likeness (QED) is 0.0930. The van der Waals surface area contributed by atoms with Crippen LogP contribution < -0.4 is 21.3 Å². The van der Waals surface area contributed by atoms with Crippen molar-refractivity contribution < 1.29 is 57.7 Å². The van der Waals surface area contributed by atoms with Gasteiger partial charge in [-0.05, 0) is 70.4 Å². The number of amides is 6. The van der Waals surface area contributed by atoms with Gasteiger partial charge >= 0.3 is 18.0 Å². The Balaban J connectivity index is 2.72. The summed E-state index contributed by atoms with van der Waals surface area (Å²) in [5.41, 5.74) is 1.39. The summed E-state index contributed by atoms with van der Waals surface area (Å²) in [6.07, 6.45) is -0.120. The second-order valence-corrected chi connectivity index (χ2v) is 17.6. The highest BCUT2D eigenvalue weighted by Gasteiger charge is 2.37. The van der Waals surface area contributed by atoms with E-state index in [0.29, 0.717) is 12.0 Å². The van der Waals surface area contributed by atoms with E-state index in [1.165, 1.54) is 45.8 Å². The van der Waals surface area contributed by atoms with Gasteiger partial charge in [0.1, 0.15) is 36.4 Å². The molecule has 1 aromatic rings. The van der Waals surface area contributed by atoms with E-state index in [9.17, 15) is 43.5 Å². The van der Waals surface area contributed by atoms with Gasteiger partial charge in [-0.15, -0.1) is 0 Å². The van der Waals surface area contributed by atoms with Crippen LogP contribution in [0.1, 0.15) is 100 Å². The molecule has 0 aliphatic carbocycles. The maximum Gasteiger partial charge on any atom is 0.407 e. The van der Waals surface area contributed by atoms with E-state index in [1.807, 2.05) is 20.8 Å². The first-order valence-corrected chi connectivity index (χ1v) is 22.8. The van der Waals surface area contributed by atoms with Crippen molar-refractivity contribution in [3.63, 3.8) is 0 Å². The smallest absolute Gasteiger partial charge is 0.407 e. The average molecular weight is 927 g/mol. The van der Waals surface area contributed by atoms with Crippen LogP contribution in [-0.4, -0.2) is 139 Å². The van der Waals surface area contributed by atoms with Crippen LogP contribution in [0.5, 0.6) is 0 Å². The summed E-state index contributed by atoms with van der Waals surface area (Å²) < 4.78 is 17.6. The minimum atomic E-state index is -1.32. The third-order valence-corrected chi connectivity index (χ3v) is 11.7. The zero-order valence-corrected chi connectivity index (χ0v) is 40.8. The highest BCUT2D eigenvalue weighted by molar-refractivity contribution is 5.96. The summed E-state index contributed by atoms with van der Waals surface area (Å²) in [5.74, 6) is -6.25. The standard InChI is InChI=1S/C48H74N6O12/c1-13-29(5)40-43(58)51-34(10)47(62)66-41(30(6)14-2)32(8)37(65-48(63)49-23-18-24-55)22-21-31(7)46(61)64-38(25-28(3)4)42(57)50-33(9)44(59)54(12)36(26-35-19-16-15-17-20-35)45(60)53(11)27-39(56)52-40/h14-17,19-21,28-29,32-34,36-38,40-41,55H,13,18,22-27H2,1-12H3,(H,49,63)(H,50,57)(H,51,58)(H,52,56)/b30-14+,31-21+/t29-,32+,33+,34-,36-,37+,38-,40+,41-/m1/s1. The number of carbonyl (C=O) groups excluding carboxylic acids is 8. The van der Waals surface area contributed by atoms with Crippen LogP contribution in [0.25, 0.3) is 0 Å². The number of benzene rings is 1. The van der Waals surface area contributed by atoms with Gasteiger partial charge in [0.25, 0.3) is 5.91 Å². The molecule has 18 heteroatoms. The number of ether oxygens (including phenoxy) is 3. The monoisotopic (exact) mass is 927 g/mol. The lowest BCUT2D eigenvalue weighted by Gasteiger charge is -2.33. The summed E-state index contributed by atoms with van der Waals surface area (Å²) in [5, 5.41) is 19.9. The largest absolute Gasteiger partial charge is 0.456 e. The maximum atomic E-state index is 14.2. The summed E-state index contributed by atoms with van der Waals surface area (Å²) in [6.45, 7) is 16.2. The Hall–Kier alpha value is -5.78. The number of hydrogen-bond donors (Lipinski definition) is 5. The number of aliphatic hydroxyl groups is 1. The molecule has 0 fully saturated rings. The van der Waals surface area contributed by atoms with E-state index in [2.05, 4.69) is 21.3 Å². The van der Waals surface area contributed by atoms with E-state index in [1.54, 1.807) is 64.1 Å². The van der Waals surface area contributed by atoms with Crippen molar-refractivity contribution in [1.29, 1.82) is 0 Å². The second kappa shape index (κ2) is 27.6. The fourth-order valence-corrected chi connectivity index (χ4v) is 7.14. The molecule has 66 heavy (non-hydrogen) atoms. The van der Waals surface area contributed by atoms with Crippen molar-refractivity contribution in [2.75, 3.05) is 33.8 Å². The second-order valence-electron chi connectivity index (χ2n) is 17.6. The summed E-state index contributed by atoms with van der Waals surface area (Å²) >= 11 is 0. The third-order valence-electron chi connectivity index (χ3n) is 11.7. The number of aliphatic hydroxyl groups excluding tert-OH is 1. The molecule has 0 aromatic heterocycles. The lowest BCUT2D eigenvalue weighted by Crippen LogP contribution is -2.57. The first-order valence-electron chi connectivity index (χ1n) is 22.8. The van der Waals surface area contributed by atoms with Gasteiger partial charge in [-0.2, -0.15) is 0 Å². The fraction of sp³-hybridized carbons (Fsp3) is 0.625. The number of cyclic esters (lactones) is 2. The molecule has 0 saturated carbocycles. The predicted molar refractivity (Wildman–Crippen MR) is 247 cm³/mol. The molecule has 0 radical (unpaired) electrons. The van der Waals surface area contributed by atoms with Crippen LogP contribution in [0, 0.1) is 17.8 Å². The van der Waals surface area contributed by atoms with Crippen LogP contribution in [0.2, 0.25) is 0 Å². The van der Waals surface area contributed by atoms with Crippen molar-refractivity contribution in [2.24, 2.45) is 17.8 Å². The van der Waals surface area contributed by atoms with Crippen molar-refractivity contribution in [3.05, 3.63) is 59.2 Å². The Morgan fingerprint density at radius 2 is 1.58 bits per heavy atom. The molecule has 5 N–H and O–H groups in total. The molecule has 0 unspecified atom stereocenters. The zero-order chi connectivity index (χ0) is 49.8. The molecular formula is C48H74N6O12. The predicted octanol–water partition coefficient (Wildman–Crippen LogP) is 3.35. The molecule has 0 bridgehead atoms. The molecule has 0 spiro atoms. The van der Waals surface area contributed by atoms with Gasteiger partial charge in [0, 0.05) is 51.6 Å². The molecule has 1 heterocycles. The zero-order valence-electron chi connectivity index (χ0n) is 40.8. The lowest BCUT2D eigenvalue weighted by molar-refractivity contribution is -0.155. The number of esters is 2. The lowest BCUT2D eigenvalue weighted by atomic mass is 9.90. The van der Waals surface area contributed by atoms with Crippen LogP contribution in [0.3, 0.4) is 0 Å². The topological polar surface area (TPSA) is 239 Å². The number of carbonyl (C=O) groups is 8. The number of nitrogens with zero attached hydrogens (tertiary/aromatic N) is 2. The molecule has 6 amide bonds. The van der Waals surface area contributed by atoms with Gasteiger partial charge in [0.15, 0.2) is 6.10 Å². The van der Waals surface area contributed by atoms with Gasteiger partial charge < -0.3 is 50.4 Å². The van der Waals surface area contributed by atoms with Gasteiger partial charge in [0.05, 0.1) is 6.54 Å². The van der Waals surface area contributed by atoms with E-state index in [-0.39, 0.29) is 50.3 Å². The minimum absolute atomic E-state index is 0.0626. The van der Waals surface area contributed by atoms with Gasteiger partial charge in [-0.25, -0.2) is 14.4 Å². The summed E-state index contributed by atoms with van der Waals surface area (Å²) in [7, 11) is 2.83. The third kappa shape index (κ3) is 17.5. The highest BCUT2D eigenvalue weighted by Crippen LogP contribution is 2.26. The molecule has 9 atom stereocenters. The molecule has 368 valence electrons. The molecule has 1 aliphatic heterocycles. The van der Waals surface area contributed by atoms with E-state index >= 15 is 0 Å². The first-order chi connectivity index (χ1) is 31.1. The van der Waals surface area contributed by atoms with Crippen LogP contribution in [0.15, 0.2) is 53.6 Å². The van der Waals surface area contributed by atoms with Gasteiger partial charge in [0.2, 0.25) is 23.6 Å². The SMILES string of the molecule is C/C=C(\C)[C@H]1OC(=O)[C@@H](C)NC(=O)[C@H]([C@H](C)CC)NC(=O)CN(C)C(=O)[C@@H](Cc2ccccc2)N(C)C(=O)[C@H](C)NC(=O)[C@@H](CC(C)C)OC(=O)/C(C)=C/C[C@H](OC(=O)NCCCO)[C@@H]1C. The molecule has 18 nitrogen and oxygen atoms in total. The fourth-order valence-electron chi connectivity index (χ4n) is 7.14. The molecule has 1 aromatic carbocycles. The molecule has 0 saturated heterocycles. The van der Waals surface area contributed by atoms with Crippen molar-refractivity contribution >= 4 is 47.6 Å². The molecule has 2 rings (SSSR count). The van der Waals surface area contributed by atoms with Crippen LogP contribution in [0.4, 0.5) is 4.79 Å². The average Bonchev–Trinajstić information content (AvgIpc) is 3.28. The van der Waals surface area contributed by atoms with Crippen molar-refractivity contribution in [1.82, 2.24) is 31.1 Å². The van der Waals surface area contributed by atoms with Crippen molar-refractivity contribution in [2.45, 2.75) is 144 Å². The Morgan fingerprint density at radius 1 is 0.939 bits per heavy atom. The number of likely N-dealkylation sites (N-methyl/N-ethyl adjacent to an activating group) is 2. The molecular weight excluding hydrogens is 853 g/mol. The molecule has 1 aliphatic rings. The number of hydrogen-bond acceptors (Lipinski definition) is 12. The number of alkyl carbamates (subject to hydrolysis) is 1. The normalized spacial score (nSPS) is 26.8. The number of allylic oxidation sites excluding steroid dienone is 1. The summed E-state index contributed by atoms with van der Waals surface area (Å²) in [6, 6.07) is 4.30. The van der Waals surface area contributed by atoms with Crippen LogP contribution >= 0.6 is 0 Å². The number of rotatable bonds is 11. The Morgan fingerprint density at radius 3 is 2.17 bits per heavy atom. The van der Waals surface area contributed by atoms with E-state index in [0.717, 1.165) is 10.5 Å². The highest BCUT2D eigenvalue weighted by atomic mass is 16.6. The summed E-state index contributed by atoms with van der Waals surface area (Å²) in [4.78, 5) is 112.